The van der Waals surface area contributed by atoms with Crippen molar-refractivity contribution in [3.05, 3.63) is 66.0 Å². The maximum absolute atomic E-state index is 5.17. The van der Waals surface area contributed by atoms with E-state index in [4.69, 9.17) is 4.84 Å². The van der Waals surface area contributed by atoms with Gasteiger partial charge in [0.15, 0.2) is 0 Å². The molecule has 80 valence electrons. The van der Waals surface area contributed by atoms with Crippen molar-refractivity contribution in [3.63, 3.8) is 0 Å². The molecule has 0 N–H and O–H groups in total. The van der Waals surface area contributed by atoms with Crippen LogP contribution in [0.5, 0.6) is 0 Å². The Bertz CT molecular complexity index is 440. The number of rotatable bonds is 4. The van der Waals surface area contributed by atoms with Gasteiger partial charge in [0.2, 0.25) is 0 Å². The van der Waals surface area contributed by atoms with Gasteiger partial charge in [-0.25, -0.2) is 0 Å². The van der Waals surface area contributed by atoms with E-state index in [1.54, 1.807) is 18.6 Å². The van der Waals surface area contributed by atoms with E-state index in [-0.39, 0.29) is 0 Å². The standard InChI is InChI=1S/C13H12N2O/c1-2-4-13(5-3-1)11-16-15-10-12-6-8-14-9-7-12/h1-10H,11H2. The highest BCUT2D eigenvalue weighted by Gasteiger charge is 1.89. The second-order valence-corrected chi connectivity index (χ2v) is 3.27. The summed E-state index contributed by atoms with van der Waals surface area (Å²) in [5, 5.41) is 3.88. The van der Waals surface area contributed by atoms with E-state index in [0.717, 1.165) is 11.1 Å². The molecule has 0 amide bonds. The van der Waals surface area contributed by atoms with E-state index < -0.39 is 0 Å². The highest BCUT2D eigenvalue weighted by molar-refractivity contribution is 5.78. The van der Waals surface area contributed by atoms with Crippen LogP contribution in [0.25, 0.3) is 0 Å². The molecule has 0 fully saturated rings. The molecular weight excluding hydrogens is 200 g/mol. The van der Waals surface area contributed by atoms with Crippen LogP contribution in [0.15, 0.2) is 60.0 Å². The van der Waals surface area contributed by atoms with Gasteiger partial charge >= 0.3 is 0 Å². The molecule has 0 radical (unpaired) electrons. The third-order valence-electron chi connectivity index (χ3n) is 2.06. The van der Waals surface area contributed by atoms with Gasteiger partial charge in [-0.15, -0.1) is 0 Å². The molecule has 0 spiro atoms. The van der Waals surface area contributed by atoms with Crippen LogP contribution in [-0.4, -0.2) is 11.2 Å². The molecule has 16 heavy (non-hydrogen) atoms. The maximum atomic E-state index is 5.17. The van der Waals surface area contributed by atoms with Crippen LogP contribution in [0.4, 0.5) is 0 Å². The van der Waals surface area contributed by atoms with Crippen molar-refractivity contribution in [3.8, 4) is 0 Å². The normalized spacial score (nSPS) is 10.5. The van der Waals surface area contributed by atoms with Crippen molar-refractivity contribution in [2.45, 2.75) is 6.61 Å². The quantitative estimate of drug-likeness (QED) is 0.576. The second kappa shape index (κ2) is 5.66. The lowest BCUT2D eigenvalue weighted by Crippen LogP contribution is -1.87. The first-order chi connectivity index (χ1) is 7.95. The maximum Gasteiger partial charge on any atom is 0.142 e. The summed E-state index contributed by atoms with van der Waals surface area (Å²) in [7, 11) is 0. The predicted molar refractivity (Wildman–Crippen MR) is 63.1 cm³/mol. The smallest absolute Gasteiger partial charge is 0.142 e. The summed E-state index contributed by atoms with van der Waals surface area (Å²) < 4.78 is 0. The first-order valence-corrected chi connectivity index (χ1v) is 5.04. The third kappa shape index (κ3) is 3.20. The molecule has 1 aromatic heterocycles. The van der Waals surface area contributed by atoms with E-state index in [1.807, 2.05) is 42.5 Å². The van der Waals surface area contributed by atoms with Gasteiger partial charge in [-0.3, -0.25) is 4.98 Å². The number of pyridine rings is 1. The molecule has 0 saturated heterocycles. The Labute approximate surface area is 94.4 Å². The van der Waals surface area contributed by atoms with Crippen molar-refractivity contribution in [2.75, 3.05) is 0 Å². The minimum atomic E-state index is 0.489. The molecule has 0 aliphatic rings. The highest BCUT2D eigenvalue weighted by atomic mass is 16.6. The number of benzene rings is 1. The second-order valence-electron chi connectivity index (χ2n) is 3.27. The first-order valence-electron chi connectivity index (χ1n) is 5.04. The molecule has 0 bridgehead atoms. The van der Waals surface area contributed by atoms with E-state index in [1.165, 1.54) is 0 Å². The number of nitrogens with zero attached hydrogens (tertiary/aromatic N) is 2. The molecule has 2 rings (SSSR count). The molecule has 0 unspecified atom stereocenters. The fourth-order valence-electron chi connectivity index (χ4n) is 1.23. The van der Waals surface area contributed by atoms with Crippen molar-refractivity contribution in [1.29, 1.82) is 0 Å². The molecule has 0 aliphatic carbocycles. The summed E-state index contributed by atoms with van der Waals surface area (Å²) in [4.78, 5) is 9.09. The van der Waals surface area contributed by atoms with Gasteiger partial charge in [0, 0.05) is 12.4 Å². The molecular formula is C13H12N2O. The van der Waals surface area contributed by atoms with Gasteiger partial charge in [0.25, 0.3) is 0 Å². The van der Waals surface area contributed by atoms with Crippen LogP contribution in [0, 0.1) is 0 Å². The van der Waals surface area contributed by atoms with Gasteiger partial charge in [0.05, 0.1) is 6.21 Å². The van der Waals surface area contributed by atoms with Crippen molar-refractivity contribution in [2.24, 2.45) is 5.16 Å². The summed E-state index contributed by atoms with van der Waals surface area (Å²) in [6, 6.07) is 13.7. The van der Waals surface area contributed by atoms with Crippen molar-refractivity contribution >= 4 is 6.21 Å². The lowest BCUT2D eigenvalue weighted by atomic mass is 10.2. The fourth-order valence-corrected chi connectivity index (χ4v) is 1.23. The Morgan fingerprint density at radius 2 is 1.81 bits per heavy atom. The lowest BCUT2D eigenvalue weighted by molar-refractivity contribution is 0.132. The molecule has 3 nitrogen and oxygen atoms in total. The van der Waals surface area contributed by atoms with Gasteiger partial charge in [-0.2, -0.15) is 0 Å². The largest absolute Gasteiger partial charge is 0.391 e. The number of oxime groups is 1. The number of aromatic nitrogens is 1. The monoisotopic (exact) mass is 212 g/mol. The Balaban J connectivity index is 1.83. The van der Waals surface area contributed by atoms with Crippen LogP contribution in [0.1, 0.15) is 11.1 Å². The topological polar surface area (TPSA) is 34.5 Å². The zero-order valence-corrected chi connectivity index (χ0v) is 8.78. The molecule has 3 heteroatoms. The number of hydrogen-bond donors (Lipinski definition) is 0. The zero-order valence-electron chi connectivity index (χ0n) is 8.78. The van der Waals surface area contributed by atoms with Gasteiger partial charge in [-0.05, 0) is 23.3 Å². The van der Waals surface area contributed by atoms with E-state index in [9.17, 15) is 0 Å². The van der Waals surface area contributed by atoms with Gasteiger partial charge < -0.3 is 4.84 Å². The predicted octanol–water partition coefficient (Wildman–Crippen LogP) is 2.63. The summed E-state index contributed by atoms with van der Waals surface area (Å²) in [5.74, 6) is 0. The fraction of sp³-hybridized carbons (Fsp3) is 0.0769. The Morgan fingerprint density at radius 3 is 2.56 bits per heavy atom. The molecule has 1 heterocycles. The highest BCUT2D eigenvalue weighted by Crippen LogP contribution is 2.00. The SMILES string of the molecule is C(=NOCc1ccccc1)c1ccncc1. The molecule has 0 atom stereocenters. The average Bonchev–Trinajstić information content (AvgIpc) is 2.37. The van der Waals surface area contributed by atoms with Crippen LogP contribution in [-0.2, 0) is 11.4 Å². The van der Waals surface area contributed by atoms with E-state index in [0.29, 0.717) is 6.61 Å². The number of hydrogen-bond acceptors (Lipinski definition) is 3. The van der Waals surface area contributed by atoms with E-state index >= 15 is 0 Å². The van der Waals surface area contributed by atoms with Crippen molar-refractivity contribution in [1.82, 2.24) is 4.98 Å². The average molecular weight is 212 g/mol. The summed E-state index contributed by atoms with van der Waals surface area (Å²) in [6.45, 7) is 0.489. The van der Waals surface area contributed by atoms with Gasteiger partial charge in [-0.1, -0.05) is 35.5 Å². The Hall–Kier alpha value is -2.16. The van der Waals surface area contributed by atoms with Crippen LogP contribution in [0.2, 0.25) is 0 Å². The van der Waals surface area contributed by atoms with E-state index in [2.05, 4.69) is 10.1 Å². The summed E-state index contributed by atoms with van der Waals surface area (Å²) in [6.07, 6.45) is 5.11. The zero-order chi connectivity index (χ0) is 11.1. The third-order valence-corrected chi connectivity index (χ3v) is 2.06. The minimum absolute atomic E-state index is 0.489. The summed E-state index contributed by atoms with van der Waals surface area (Å²) >= 11 is 0. The molecule has 1 aromatic carbocycles. The van der Waals surface area contributed by atoms with Crippen molar-refractivity contribution < 1.29 is 4.84 Å². The lowest BCUT2D eigenvalue weighted by Gasteiger charge is -1.98. The summed E-state index contributed by atoms with van der Waals surface area (Å²) in [5.41, 5.74) is 2.08. The molecule has 0 aliphatic heterocycles. The molecule has 2 aromatic rings. The Morgan fingerprint density at radius 1 is 1.06 bits per heavy atom. The van der Waals surface area contributed by atoms with Crippen LogP contribution >= 0.6 is 0 Å². The van der Waals surface area contributed by atoms with Gasteiger partial charge in [0.1, 0.15) is 6.61 Å². The first kappa shape index (κ1) is 10.4. The Kier molecular flexibility index (Phi) is 3.66. The van der Waals surface area contributed by atoms with Crippen LogP contribution < -0.4 is 0 Å². The molecule has 0 saturated carbocycles. The minimum Gasteiger partial charge on any atom is -0.391 e. The van der Waals surface area contributed by atoms with Crippen LogP contribution in [0.3, 0.4) is 0 Å².